The van der Waals surface area contributed by atoms with Crippen LogP contribution in [0.15, 0.2) is 35.5 Å². The average Bonchev–Trinajstić information content (AvgIpc) is 3.25. The molecule has 0 aliphatic carbocycles. The van der Waals surface area contributed by atoms with Crippen LogP contribution >= 0.6 is 0 Å². The minimum absolute atomic E-state index is 0.0742. The van der Waals surface area contributed by atoms with Crippen molar-refractivity contribution in [3.05, 3.63) is 36.8 Å². The third-order valence-corrected chi connectivity index (χ3v) is 4.17. The third-order valence-electron chi connectivity index (χ3n) is 4.17. The fraction of sp³-hybridized carbons (Fsp3) is 0.562. The van der Waals surface area contributed by atoms with Gasteiger partial charge in [-0.25, -0.2) is 4.98 Å². The van der Waals surface area contributed by atoms with Gasteiger partial charge in [0.1, 0.15) is 18.4 Å². The largest absolute Gasteiger partial charge is 0.468 e. The van der Waals surface area contributed by atoms with E-state index < -0.39 is 0 Å². The molecule has 1 unspecified atom stereocenters. The molecule has 0 spiro atoms. The Morgan fingerprint density at radius 2 is 2.43 bits per heavy atom. The molecular weight excluding hydrogens is 294 g/mol. The molecule has 2 aromatic heterocycles. The SMILES string of the molecule is O=C(NCCCn1cncn1)C1CCCN(Cc2ccco2)C1. The van der Waals surface area contributed by atoms with E-state index in [-0.39, 0.29) is 11.8 Å². The molecule has 1 aliphatic heterocycles. The first-order valence-electron chi connectivity index (χ1n) is 8.16. The first-order valence-corrected chi connectivity index (χ1v) is 8.16. The molecular formula is C16H23N5O2. The van der Waals surface area contributed by atoms with Crippen molar-refractivity contribution in [3.8, 4) is 0 Å². The minimum atomic E-state index is 0.0742. The summed E-state index contributed by atoms with van der Waals surface area (Å²) >= 11 is 0. The fourth-order valence-corrected chi connectivity index (χ4v) is 2.98. The Morgan fingerprint density at radius 1 is 1.48 bits per heavy atom. The van der Waals surface area contributed by atoms with Gasteiger partial charge in [0.15, 0.2) is 0 Å². The number of aryl methyl sites for hydroxylation is 1. The van der Waals surface area contributed by atoms with E-state index in [1.54, 1.807) is 17.3 Å². The molecule has 1 N–H and O–H groups in total. The number of aromatic nitrogens is 3. The quantitative estimate of drug-likeness (QED) is 0.779. The lowest BCUT2D eigenvalue weighted by atomic mass is 9.97. The summed E-state index contributed by atoms with van der Waals surface area (Å²) in [6.07, 6.45) is 7.78. The van der Waals surface area contributed by atoms with Crippen LogP contribution in [0.4, 0.5) is 0 Å². The van der Waals surface area contributed by atoms with Crippen molar-refractivity contribution in [2.24, 2.45) is 5.92 Å². The van der Waals surface area contributed by atoms with Crippen LogP contribution in [0.5, 0.6) is 0 Å². The molecule has 2 aromatic rings. The zero-order valence-corrected chi connectivity index (χ0v) is 13.2. The fourth-order valence-electron chi connectivity index (χ4n) is 2.98. The summed E-state index contributed by atoms with van der Waals surface area (Å²) in [5.74, 6) is 1.19. The van der Waals surface area contributed by atoms with Crippen molar-refractivity contribution in [2.45, 2.75) is 32.4 Å². The van der Waals surface area contributed by atoms with Gasteiger partial charge in [0.25, 0.3) is 0 Å². The number of piperidine rings is 1. The van der Waals surface area contributed by atoms with Crippen molar-refractivity contribution in [2.75, 3.05) is 19.6 Å². The molecule has 1 fully saturated rings. The molecule has 1 aliphatic rings. The highest BCUT2D eigenvalue weighted by Crippen LogP contribution is 2.19. The predicted molar refractivity (Wildman–Crippen MR) is 84.4 cm³/mol. The maximum atomic E-state index is 12.3. The number of likely N-dealkylation sites (tertiary alicyclic amines) is 1. The van der Waals surface area contributed by atoms with E-state index in [0.29, 0.717) is 6.54 Å². The lowest BCUT2D eigenvalue weighted by Gasteiger charge is -2.31. The lowest BCUT2D eigenvalue weighted by Crippen LogP contribution is -2.42. The van der Waals surface area contributed by atoms with Crippen LogP contribution < -0.4 is 5.32 Å². The van der Waals surface area contributed by atoms with Gasteiger partial charge in [-0.2, -0.15) is 5.10 Å². The summed E-state index contributed by atoms with van der Waals surface area (Å²) < 4.78 is 7.17. The van der Waals surface area contributed by atoms with Crippen molar-refractivity contribution >= 4 is 5.91 Å². The monoisotopic (exact) mass is 317 g/mol. The van der Waals surface area contributed by atoms with E-state index in [4.69, 9.17) is 4.42 Å². The highest BCUT2D eigenvalue weighted by Gasteiger charge is 2.25. The van der Waals surface area contributed by atoms with E-state index in [0.717, 1.165) is 51.2 Å². The molecule has 7 nitrogen and oxygen atoms in total. The van der Waals surface area contributed by atoms with Gasteiger partial charge in [-0.1, -0.05) is 0 Å². The van der Waals surface area contributed by atoms with Crippen molar-refractivity contribution in [3.63, 3.8) is 0 Å². The van der Waals surface area contributed by atoms with Gasteiger partial charge in [-0.15, -0.1) is 0 Å². The molecule has 7 heteroatoms. The Hall–Kier alpha value is -2.15. The maximum absolute atomic E-state index is 12.3. The first-order chi connectivity index (χ1) is 11.3. The number of hydrogen-bond donors (Lipinski definition) is 1. The number of furan rings is 1. The number of carbonyl (C=O) groups excluding carboxylic acids is 1. The summed E-state index contributed by atoms with van der Waals surface area (Å²) in [6.45, 7) is 4.05. The number of amides is 1. The number of rotatable bonds is 7. The van der Waals surface area contributed by atoms with Crippen LogP contribution in [-0.4, -0.2) is 45.2 Å². The normalized spacial score (nSPS) is 18.9. The molecule has 0 aromatic carbocycles. The Bertz CT molecular complexity index is 582. The molecule has 1 saturated heterocycles. The average molecular weight is 317 g/mol. The molecule has 3 rings (SSSR count). The maximum Gasteiger partial charge on any atom is 0.224 e. The van der Waals surface area contributed by atoms with Gasteiger partial charge < -0.3 is 9.73 Å². The second-order valence-corrected chi connectivity index (χ2v) is 5.96. The summed E-state index contributed by atoms with van der Waals surface area (Å²) in [5.41, 5.74) is 0. The van der Waals surface area contributed by atoms with E-state index in [1.165, 1.54) is 6.33 Å². The summed E-state index contributed by atoms with van der Waals surface area (Å²) in [6, 6.07) is 3.88. The number of nitrogens with zero attached hydrogens (tertiary/aromatic N) is 4. The van der Waals surface area contributed by atoms with Gasteiger partial charge in [-0.3, -0.25) is 14.4 Å². The molecule has 0 saturated carbocycles. The van der Waals surface area contributed by atoms with E-state index in [1.807, 2.05) is 12.1 Å². The second-order valence-electron chi connectivity index (χ2n) is 5.96. The summed E-state index contributed by atoms with van der Waals surface area (Å²) in [7, 11) is 0. The van der Waals surface area contributed by atoms with E-state index in [2.05, 4.69) is 20.3 Å². The summed E-state index contributed by atoms with van der Waals surface area (Å²) in [4.78, 5) is 18.5. The topological polar surface area (TPSA) is 76.2 Å². The van der Waals surface area contributed by atoms with Gasteiger partial charge in [0.05, 0.1) is 18.7 Å². The van der Waals surface area contributed by atoms with Crippen LogP contribution in [0, 0.1) is 5.92 Å². The molecule has 0 bridgehead atoms. The van der Waals surface area contributed by atoms with Crippen LogP contribution in [0.3, 0.4) is 0 Å². The molecule has 23 heavy (non-hydrogen) atoms. The van der Waals surface area contributed by atoms with E-state index >= 15 is 0 Å². The van der Waals surface area contributed by atoms with Crippen LogP contribution in [0.1, 0.15) is 25.0 Å². The Kier molecular flexibility index (Phi) is 5.42. The minimum Gasteiger partial charge on any atom is -0.468 e. The highest BCUT2D eigenvalue weighted by molar-refractivity contribution is 5.78. The van der Waals surface area contributed by atoms with Crippen molar-refractivity contribution < 1.29 is 9.21 Å². The molecule has 124 valence electrons. The molecule has 3 heterocycles. The van der Waals surface area contributed by atoms with Gasteiger partial charge >= 0.3 is 0 Å². The zero-order valence-electron chi connectivity index (χ0n) is 13.2. The smallest absolute Gasteiger partial charge is 0.224 e. The zero-order chi connectivity index (χ0) is 15.9. The molecule has 0 radical (unpaired) electrons. The van der Waals surface area contributed by atoms with Crippen LogP contribution in [-0.2, 0) is 17.9 Å². The van der Waals surface area contributed by atoms with Crippen molar-refractivity contribution in [1.82, 2.24) is 25.0 Å². The molecule has 1 amide bonds. The Morgan fingerprint density at radius 3 is 3.22 bits per heavy atom. The number of carbonyl (C=O) groups is 1. The Labute approximate surface area is 135 Å². The number of hydrogen-bond acceptors (Lipinski definition) is 5. The van der Waals surface area contributed by atoms with Gasteiger partial charge in [0.2, 0.25) is 5.91 Å². The second kappa shape index (κ2) is 7.92. The summed E-state index contributed by atoms with van der Waals surface area (Å²) in [5, 5.41) is 7.09. The highest BCUT2D eigenvalue weighted by atomic mass is 16.3. The predicted octanol–water partition coefficient (Wildman–Crippen LogP) is 1.29. The van der Waals surface area contributed by atoms with Crippen molar-refractivity contribution in [1.29, 1.82) is 0 Å². The first kappa shape index (κ1) is 15.7. The third kappa shape index (κ3) is 4.66. The molecule has 1 atom stereocenters. The van der Waals surface area contributed by atoms with Crippen LogP contribution in [0.2, 0.25) is 0 Å². The number of nitrogens with one attached hydrogen (secondary N) is 1. The van der Waals surface area contributed by atoms with Crippen LogP contribution in [0.25, 0.3) is 0 Å². The van der Waals surface area contributed by atoms with Gasteiger partial charge in [0, 0.05) is 19.6 Å². The van der Waals surface area contributed by atoms with E-state index in [9.17, 15) is 4.79 Å². The lowest BCUT2D eigenvalue weighted by molar-refractivity contribution is -0.126. The standard InChI is InChI=1S/C16H23N5O2/c22-16(18-6-3-8-21-13-17-12-19-21)14-4-1-7-20(10-14)11-15-5-2-9-23-15/h2,5,9,12-14H,1,3-4,6-8,10-11H2,(H,18,22). The Balaban J connectivity index is 1.38. The van der Waals surface area contributed by atoms with Gasteiger partial charge in [-0.05, 0) is 37.9 Å².